The highest BCUT2D eigenvalue weighted by molar-refractivity contribution is 7.19. The molecule has 0 amide bonds. The Morgan fingerprint density at radius 3 is 2.44 bits per heavy atom. The van der Waals surface area contributed by atoms with Crippen LogP contribution in [0.25, 0.3) is 27.1 Å². The average Bonchev–Trinajstić information content (AvgIpc) is 3.33. The predicted octanol–water partition coefficient (Wildman–Crippen LogP) is 7.35. The lowest BCUT2D eigenvalue weighted by atomic mass is 9.76. The van der Waals surface area contributed by atoms with E-state index in [9.17, 15) is 0 Å². The van der Waals surface area contributed by atoms with Gasteiger partial charge in [-0.3, -0.25) is 0 Å². The van der Waals surface area contributed by atoms with Crippen LogP contribution in [0.5, 0.6) is 0 Å². The molecule has 0 N–H and O–H groups in total. The maximum absolute atomic E-state index is 2.47. The zero-order chi connectivity index (χ0) is 23.3. The van der Waals surface area contributed by atoms with Crippen LogP contribution >= 0.6 is 11.3 Å². The van der Waals surface area contributed by atoms with Gasteiger partial charge in [0.1, 0.15) is 11.2 Å². The number of thiazole rings is 1. The summed E-state index contributed by atoms with van der Waals surface area (Å²) in [6.45, 7) is 5.61. The fourth-order valence-electron chi connectivity index (χ4n) is 5.70. The van der Waals surface area contributed by atoms with E-state index in [-0.39, 0.29) is 5.41 Å². The maximum atomic E-state index is 2.47. The monoisotopic (exact) mass is 461 g/mol. The molecule has 2 nitrogen and oxygen atoms in total. The van der Waals surface area contributed by atoms with E-state index in [1.54, 1.807) is 0 Å². The second kappa shape index (κ2) is 8.11. The molecule has 6 rings (SSSR count). The van der Waals surface area contributed by atoms with Crippen molar-refractivity contribution in [3.63, 3.8) is 0 Å². The largest absolute Gasteiger partial charge is 0.347 e. The minimum atomic E-state index is -0.101. The van der Waals surface area contributed by atoms with E-state index >= 15 is 0 Å². The van der Waals surface area contributed by atoms with Crippen LogP contribution in [0.4, 0.5) is 5.69 Å². The second-order valence-electron chi connectivity index (χ2n) is 9.42. The summed E-state index contributed by atoms with van der Waals surface area (Å²) in [5.41, 5.74) is 6.66. The number of aromatic nitrogens is 1. The smallest absolute Gasteiger partial charge is 0.264 e. The third-order valence-corrected chi connectivity index (χ3v) is 8.57. The van der Waals surface area contributed by atoms with Gasteiger partial charge in [0.05, 0.1) is 0 Å². The topological polar surface area (TPSA) is 7.12 Å². The van der Waals surface area contributed by atoms with Crippen LogP contribution in [0.15, 0.2) is 96.7 Å². The SMILES string of the molecule is CC[n+]1c(/C=C2/N(C)c3ccccc3C2(C)Cc2ccccc2)sc2c3ccccc3ccc21. The van der Waals surface area contributed by atoms with E-state index in [1.807, 2.05) is 11.3 Å². The van der Waals surface area contributed by atoms with Crippen molar-refractivity contribution < 1.29 is 4.57 Å². The van der Waals surface area contributed by atoms with Gasteiger partial charge in [0.2, 0.25) is 5.52 Å². The number of allylic oxidation sites excluding steroid dienone is 1. The quantitative estimate of drug-likeness (QED) is 0.254. The normalized spacial score (nSPS) is 18.8. The summed E-state index contributed by atoms with van der Waals surface area (Å²) < 4.78 is 3.84. The fourth-order valence-corrected chi connectivity index (χ4v) is 6.99. The van der Waals surface area contributed by atoms with Crippen LogP contribution in [-0.2, 0) is 18.4 Å². The van der Waals surface area contributed by atoms with E-state index in [0.717, 1.165) is 13.0 Å². The van der Waals surface area contributed by atoms with Gasteiger partial charge in [0.25, 0.3) is 5.01 Å². The molecule has 0 aliphatic carbocycles. The minimum absolute atomic E-state index is 0.101. The molecule has 0 spiro atoms. The summed E-state index contributed by atoms with van der Waals surface area (Å²) in [5, 5.41) is 3.95. The van der Waals surface area contributed by atoms with E-state index in [2.05, 4.69) is 127 Å². The zero-order valence-electron chi connectivity index (χ0n) is 20.0. The van der Waals surface area contributed by atoms with Gasteiger partial charge in [-0.25, -0.2) is 0 Å². The lowest BCUT2D eigenvalue weighted by Gasteiger charge is -2.28. The van der Waals surface area contributed by atoms with Gasteiger partial charge >= 0.3 is 0 Å². The molecule has 0 fully saturated rings. The van der Waals surface area contributed by atoms with E-state index in [0.29, 0.717) is 0 Å². The Labute approximate surface area is 205 Å². The summed E-state index contributed by atoms with van der Waals surface area (Å²) >= 11 is 1.91. The lowest BCUT2D eigenvalue weighted by Crippen LogP contribution is -2.35. The first-order valence-corrected chi connectivity index (χ1v) is 12.9. The van der Waals surface area contributed by atoms with E-state index in [1.165, 1.54) is 48.5 Å². The molecule has 1 atom stereocenters. The Balaban J connectivity index is 1.57. The van der Waals surface area contributed by atoms with E-state index in [4.69, 9.17) is 0 Å². The highest BCUT2D eigenvalue weighted by Crippen LogP contribution is 2.49. The molecule has 168 valence electrons. The molecular weight excluding hydrogens is 432 g/mol. The van der Waals surface area contributed by atoms with Gasteiger partial charge in [0, 0.05) is 41.4 Å². The van der Waals surface area contributed by atoms with Crippen LogP contribution < -0.4 is 9.47 Å². The molecule has 1 aliphatic rings. The van der Waals surface area contributed by atoms with Gasteiger partial charge in [-0.15, -0.1) is 0 Å². The van der Waals surface area contributed by atoms with Crippen molar-refractivity contribution in [3.05, 3.63) is 113 Å². The molecule has 2 heterocycles. The minimum Gasteiger partial charge on any atom is -0.347 e. The van der Waals surface area contributed by atoms with Crippen LogP contribution in [-0.4, -0.2) is 7.05 Å². The molecule has 1 aliphatic heterocycles. The van der Waals surface area contributed by atoms with Gasteiger partial charge in [0.15, 0.2) is 0 Å². The number of nitrogens with zero attached hydrogens (tertiary/aromatic N) is 2. The van der Waals surface area contributed by atoms with Crippen LogP contribution in [0.2, 0.25) is 0 Å². The van der Waals surface area contributed by atoms with Crippen molar-refractivity contribution in [1.82, 2.24) is 0 Å². The molecule has 1 unspecified atom stereocenters. The molecule has 0 bridgehead atoms. The number of benzene rings is 4. The standard InChI is InChI=1S/C31H29N2S/c1-4-33-27-19-18-23-14-8-9-15-24(23)30(27)34-29(33)20-28-31(2,21-22-12-6-5-7-13-22)25-16-10-11-17-26(25)32(28)3/h5-20H,4,21H2,1-3H3/q+1. The number of likely N-dealkylation sites (N-methyl/N-ethyl adjacent to an activating group) is 1. The number of rotatable bonds is 4. The summed E-state index contributed by atoms with van der Waals surface area (Å²) in [6, 6.07) is 33.1. The van der Waals surface area contributed by atoms with Crippen molar-refractivity contribution >= 4 is 44.1 Å². The Morgan fingerprint density at radius 1 is 0.882 bits per heavy atom. The van der Waals surface area contributed by atoms with Crippen molar-refractivity contribution in [2.45, 2.75) is 32.2 Å². The fraction of sp³-hybridized carbons (Fsp3) is 0.194. The van der Waals surface area contributed by atoms with Crippen molar-refractivity contribution in [3.8, 4) is 0 Å². The van der Waals surface area contributed by atoms with Gasteiger partial charge in [-0.05, 0) is 48.9 Å². The molecule has 4 aromatic carbocycles. The van der Waals surface area contributed by atoms with Crippen LogP contribution in [0.3, 0.4) is 0 Å². The number of aryl methyl sites for hydroxylation is 1. The molecule has 3 heteroatoms. The van der Waals surface area contributed by atoms with Crippen LogP contribution in [0.1, 0.15) is 30.0 Å². The highest BCUT2D eigenvalue weighted by Gasteiger charge is 2.43. The van der Waals surface area contributed by atoms with E-state index < -0.39 is 0 Å². The summed E-state index contributed by atoms with van der Waals surface area (Å²) in [4.78, 5) is 2.40. The summed E-state index contributed by atoms with van der Waals surface area (Å²) in [5.74, 6) is 0. The first kappa shape index (κ1) is 21.1. The predicted molar refractivity (Wildman–Crippen MR) is 146 cm³/mol. The molecule has 1 aromatic heterocycles. The van der Waals surface area contributed by atoms with Crippen LogP contribution in [0, 0.1) is 0 Å². The number of hydrogen-bond acceptors (Lipinski definition) is 2. The number of fused-ring (bicyclic) bond motifs is 4. The summed E-state index contributed by atoms with van der Waals surface area (Å²) in [7, 11) is 2.22. The molecular formula is C31H29N2S+. The zero-order valence-corrected chi connectivity index (χ0v) is 20.8. The lowest BCUT2D eigenvalue weighted by molar-refractivity contribution is -0.665. The number of para-hydroxylation sites is 1. The average molecular weight is 462 g/mol. The van der Waals surface area contributed by atoms with Crippen molar-refractivity contribution in [2.24, 2.45) is 0 Å². The van der Waals surface area contributed by atoms with Gasteiger partial charge < -0.3 is 4.90 Å². The first-order valence-electron chi connectivity index (χ1n) is 12.0. The molecule has 0 radical (unpaired) electrons. The summed E-state index contributed by atoms with van der Waals surface area (Å²) in [6.07, 6.45) is 3.42. The number of anilines is 1. The molecule has 0 saturated heterocycles. The third kappa shape index (κ3) is 3.19. The second-order valence-corrected chi connectivity index (χ2v) is 10.5. The number of hydrogen-bond donors (Lipinski definition) is 0. The van der Waals surface area contributed by atoms with Gasteiger partial charge in [-0.2, -0.15) is 4.57 Å². The Kier molecular flexibility index (Phi) is 5.04. The molecule has 0 saturated carbocycles. The highest BCUT2D eigenvalue weighted by atomic mass is 32.1. The first-order chi connectivity index (χ1) is 16.6. The Morgan fingerprint density at radius 2 is 1.62 bits per heavy atom. The third-order valence-electron chi connectivity index (χ3n) is 7.39. The van der Waals surface area contributed by atoms with Gasteiger partial charge in [-0.1, -0.05) is 84.1 Å². The maximum Gasteiger partial charge on any atom is 0.264 e. The van der Waals surface area contributed by atoms with Crippen molar-refractivity contribution in [1.29, 1.82) is 0 Å². The van der Waals surface area contributed by atoms with Crippen molar-refractivity contribution in [2.75, 3.05) is 11.9 Å². The molecule has 34 heavy (non-hydrogen) atoms. The Bertz CT molecular complexity index is 1550. The molecule has 5 aromatic rings. The Hall–Kier alpha value is -3.43.